The molecule has 0 saturated carbocycles. The zero-order valence-corrected chi connectivity index (χ0v) is 27.6. The molecule has 0 bridgehead atoms. The van der Waals surface area contributed by atoms with E-state index in [0.29, 0.717) is 28.1 Å². The van der Waals surface area contributed by atoms with Crippen molar-refractivity contribution in [1.82, 2.24) is 20.1 Å². The maximum atomic E-state index is 12.9. The molecule has 1 atom stereocenters. The lowest BCUT2D eigenvalue weighted by Gasteiger charge is -2.22. The second-order valence-corrected chi connectivity index (χ2v) is 12.4. The second kappa shape index (κ2) is 14.9. The summed E-state index contributed by atoms with van der Waals surface area (Å²) in [4.78, 5) is 35.8. The lowest BCUT2D eigenvalue weighted by atomic mass is 10.00. The van der Waals surface area contributed by atoms with Crippen molar-refractivity contribution >= 4 is 34.6 Å². The van der Waals surface area contributed by atoms with Crippen LogP contribution in [0.2, 0.25) is 0 Å². The highest BCUT2D eigenvalue weighted by molar-refractivity contribution is 8.15. The van der Waals surface area contributed by atoms with Gasteiger partial charge in [-0.1, -0.05) is 55.9 Å². The summed E-state index contributed by atoms with van der Waals surface area (Å²) in [5.74, 6) is 0.983. The van der Waals surface area contributed by atoms with Gasteiger partial charge in [0, 0.05) is 17.7 Å². The molecule has 1 saturated heterocycles. The topological polar surface area (TPSA) is 111 Å². The van der Waals surface area contributed by atoms with E-state index in [1.54, 1.807) is 13.2 Å². The number of methoxy groups -OCH3 is 1. The molecule has 1 aliphatic heterocycles. The number of alkyl halides is 3. The van der Waals surface area contributed by atoms with Gasteiger partial charge in [0.1, 0.15) is 17.8 Å². The molecule has 4 aromatic rings. The molecule has 0 radical (unpaired) electrons. The molecule has 1 unspecified atom stereocenters. The normalized spacial score (nSPS) is 14.9. The Balaban J connectivity index is 1.13. The molecule has 2 heterocycles. The largest absolute Gasteiger partial charge is 0.573 e. The standard InChI is InChI=1S/C34H35F3N6O4S/c1-21(2)28-17-16-27(46-4)18-29(28)43-30(44)19-48-33(43)40-32(45)39-22(3)6-5-7-23-8-10-24(11-9-23)31-38-20-42(41-31)25-12-14-26(15-13-25)47-34(35,36)37/h8-18,20-22H,5-7,19H2,1-4H3,(H,39,45). The van der Waals surface area contributed by atoms with Crippen molar-refractivity contribution in [2.45, 2.75) is 58.4 Å². The fraction of sp³-hybridized carbons (Fsp3) is 0.324. The molecule has 0 aliphatic carbocycles. The molecule has 0 spiro atoms. The van der Waals surface area contributed by atoms with Gasteiger partial charge in [0.05, 0.1) is 24.2 Å². The first-order chi connectivity index (χ1) is 22.9. The number of carbonyl (C=O) groups is 2. The van der Waals surface area contributed by atoms with Crippen LogP contribution in [-0.2, 0) is 11.2 Å². The number of nitrogens with zero attached hydrogens (tertiary/aromatic N) is 5. The highest BCUT2D eigenvalue weighted by Gasteiger charge is 2.33. The molecule has 1 fully saturated rings. The van der Waals surface area contributed by atoms with Crippen molar-refractivity contribution in [3.8, 4) is 28.6 Å². The zero-order chi connectivity index (χ0) is 34.4. The lowest BCUT2D eigenvalue weighted by Crippen LogP contribution is -2.34. The molecule has 14 heteroatoms. The average molecular weight is 681 g/mol. The fourth-order valence-corrected chi connectivity index (χ4v) is 6.03. The molecule has 3 amide bonds. The molecule has 252 valence electrons. The Labute approximate surface area is 280 Å². The molecular weight excluding hydrogens is 645 g/mol. The van der Waals surface area contributed by atoms with Gasteiger partial charge in [0.15, 0.2) is 11.0 Å². The van der Waals surface area contributed by atoms with E-state index in [1.165, 1.54) is 51.9 Å². The first-order valence-corrected chi connectivity index (χ1v) is 16.3. The van der Waals surface area contributed by atoms with Crippen LogP contribution >= 0.6 is 11.8 Å². The smallest absolute Gasteiger partial charge is 0.497 e. The number of amides is 3. The maximum absolute atomic E-state index is 12.9. The van der Waals surface area contributed by atoms with Gasteiger partial charge in [0.25, 0.3) is 0 Å². The summed E-state index contributed by atoms with van der Waals surface area (Å²) in [6.45, 7) is 6.00. The SMILES string of the molecule is COc1ccc(C(C)C)c(N2C(=O)CSC2=NC(=O)NC(C)CCCc2ccc(-c3ncn(-c4ccc(OC(F)(F)F)cc4)n3)cc2)c1. The quantitative estimate of drug-likeness (QED) is 0.174. The number of anilines is 1. The zero-order valence-electron chi connectivity index (χ0n) is 26.8. The van der Waals surface area contributed by atoms with Crippen LogP contribution in [0.15, 0.2) is 78.0 Å². The van der Waals surface area contributed by atoms with Crippen molar-refractivity contribution in [3.63, 3.8) is 0 Å². The number of aryl methyl sites for hydroxylation is 1. The van der Waals surface area contributed by atoms with Crippen molar-refractivity contribution < 1.29 is 32.2 Å². The minimum atomic E-state index is -4.75. The van der Waals surface area contributed by atoms with Crippen LogP contribution in [0.5, 0.6) is 11.5 Å². The maximum Gasteiger partial charge on any atom is 0.573 e. The van der Waals surface area contributed by atoms with Gasteiger partial charge >= 0.3 is 12.4 Å². The van der Waals surface area contributed by atoms with Crippen molar-refractivity contribution in [2.24, 2.45) is 4.99 Å². The first-order valence-electron chi connectivity index (χ1n) is 15.3. The number of ether oxygens (including phenoxy) is 2. The van der Waals surface area contributed by atoms with E-state index in [-0.39, 0.29) is 29.4 Å². The molecule has 10 nitrogen and oxygen atoms in total. The number of amidine groups is 1. The van der Waals surface area contributed by atoms with E-state index >= 15 is 0 Å². The summed E-state index contributed by atoms with van der Waals surface area (Å²) in [6, 6.07) is 18.1. The summed E-state index contributed by atoms with van der Waals surface area (Å²) < 4.78 is 48.0. The highest BCUT2D eigenvalue weighted by Crippen LogP contribution is 2.36. The van der Waals surface area contributed by atoms with Crippen molar-refractivity contribution in [2.75, 3.05) is 17.8 Å². The number of aliphatic imine (C=N–C) groups is 1. The molecule has 1 aliphatic rings. The number of aromatic nitrogens is 3. The summed E-state index contributed by atoms with van der Waals surface area (Å²) in [7, 11) is 1.57. The van der Waals surface area contributed by atoms with Crippen LogP contribution in [0.25, 0.3) is 17.1 Å². The van der Waals surface area contributed by atoms with Crippen molar-refractivity contribution in [3.05, 3.63) is 84.2 Å². The predicted molar refractivity (Wildman–Crippen MR) is 179 cm³/mol. The Morgan fingerprint density at radius 1 is 1.04 bits per heavy atom. The Morgan fingerprint density at radius 3 is 2.42 bits per heavy atom. The number of hydrogen-bond donors (Lipinski definition) is 1. The number of thioether (sulfide) groups is 1. The number of carbonyl (C=O) groups excluding carboxylic acids is 2. The van der Waals surface area contributed by atoms with Crippen LogP contribution in [0.1, 0.15) is 50.7 Å². The monoisotopic (exact) mass is 680 g/mol. The molecular formula is C34H35F3N6O4S. The van der Waals surface area contributed by atoms with Crippen LogP contribution in [-0.4, -0.2) is 57.1 Å². The van der Waals surface area contributed by atoms with Crippen LogP contribution in [0, 0.1) is 0 Å². The van der Waals surface area contributed by atoms with E-state index in [2.05, 4.69) is 25.1 Å². The van der Waals surface area contributed by atoms with Gasteiger partial charge in [-0.05, 0) is 73.6 Å². The average Bonchev–Trinajstić information content (AvgIpc) is 3.67. The second-order valence-electron chi connectivity index (χ2n) is 11.5. The fourth-order valence-electron chi connectivity index (χ4n) is 5.17. The van der Waals surface area contributed by atoms with E-state index in [0.717, 1.165) is 36.0 Å². The van der Waals surface area contributed by atoms with E-state index in [9.17, 15) is 22.8 Å². The van der Waals surface area contributed by atoms with Gasteiger partial charge in [-0.2, -0.15) is 4.99 Å². The minimum Gasteiger partial charge on any atom is -0.497 e. The number of urea groups is 1. The van der Waals surface area contributed by atoms with Gasteiger partial charge < -0.3 is 14.8 Å². The van der Waals surface area contributed by atoms with Crippen LogP contribution < -0.4 is 19.7 Å². The van der Waals surface area contributed by atoms with Crippen LogP contribution in [0.3, 0.4) is 0 Å². The summed E-state index contributed by atoms with van der Waals surface area (Å²) >= 11 is 1.24. The number of nitrogens with one attached hydrogen (secondary N) is 1. The first kappa shape index (κ1) is 34.5. The van der Waals surface area contributed by atoms with Gasteiger partial charge in [0.2, 0.25) is 5.91 Å². The molecule has 1 aromatic heterocycles. The molecule has 48 heavy (non-hydrogen) atoms. The summed E-state index contributed by atoms with van der Waals surface area (Å²) in [5.41, 5.74) is 4.06. The number of hydrogen-bond acceptors (Lipinski definition) is 7. The van der Waals surface area contributed by atoms with Crippen LogP contribution in [0.4, 0.5) is 23.7 Å². The van der Waals surface area contributed by atoms with Gasteiger partial charge in [-0.15, -0.1) is 18.3 Å². The number of halogens is 3. The molecule has 1 N–H and O–H groups in total. The molecule has 5 rings (SSSR count). The third-order valence-electron chi connectivity index (χ3n) is 7.57. The van der Waals surface area contributed by atoms with E-state index in [1.807, 2.05) is 57.2 Å². The third kappa shape index (κ3) is 8.73. The summed E-state index contributed by atoms with van der Waals surface area (Å²) in [6.07, 6.45) is -0.934. The number of rotatable bonds is 11. The molecule has 3 aromatic carbocycles. The van der Waals surface area contributed by atoms with Gasteiger partial charge in [-0.3, -0.25) is 9.69 Å². The summed E-state index contributed by atoms with van der Waals surface area (Å²) in [5, 5.41) is 7.70. The minimum absolute atomic E-state index is 0.137. The predicted octanol–water partition coefficient (Wildman–Crippen LogP) is 7.52. The highest BCUT2D eigenvalue weighted by atomic mass is 32.2. The lowest BCUT2D eigenvalue weighted by molar-refractivity contribution is -0.274. The van der Waals surface area contributed by atoms with Crippen molar-refractivity contribution in [1.29, 1.82) is 0 Å². The van der Waals surface area contributed by atoms with E-state index in [4.69, 9.17) is 4.74 Å². The number of benzene rings is 3. The Hall–Kier alpha value is -4.85. The van der Waals surface area contributed by atoms with E-state index < -0.39 is 12.4 Å². The Morgan fingerprint density at radius 2 is 1.75 bits per heavy atom. The van der Waals surface area contributed by atoms with Gasteiger partial charge in [-0.25, -0.2) is 14.5 Å². The Kier molecular flexibility index (Phi) is 10.7. The Bertz CT molecular complexity index is 1770. The third-order valence-corrected chi connectivity index (χ3v) is 8.50.